The maximum atomic E-state index is 12.2. The van der Waals surface area contributed by atoms with E-state index in [1.54, 1.807) is 24.3 Å². The summed E-state index contributed by atoms with van der Waals surface area (Å²) in [4.78, 5) is 19.7. The van der Waals surface area contributed by atoms with Crippen molar-refractivity contribution in [2.24, 2.45) is 0 Å². The molecule has 0 unspecified atom stereocenters. The van der Waals surface area contributed by atoms with Crippen molar-refractivity contribution in [3.63, 3.8) is 0 Å². The van der Waals surface area contributed by atoms with E-state index < -0.39 is 5.56 Å². The largest absolute Gasteiger partial charge is 0.493 e. The number of hydrogen-bond donors (Lipinski definition) is 2. The number of nitrogens with one attached hydrogen (secondary N) is 1. The Hall–Kier alpha value is -2.11. The first-order valence-corrected chi connectivity index (χ1v) is 7.04. The van der Waals surface area contributed by atoms with Gasteiger partial charge in [-0.05, 0) is 17.5 Å². The molecule has 1 aromatic carbocycles. The van der Waals surface area contributed by atoms with Gasteiger partial charge in [-0.2, -0.15) is 4.98 Å². The predicted octanol–water partition coefficient (Wildman–Crippen LogP) is 3.52. The molecule has 0 saturated heterocycles. The van der Waals surface area contributed by atoms with Crippen molar-refractivity contribution in [1.82, 2.24) is 9.97 Å². The molecule has 4 nitrogen and oxygen atoms in total. The zero-order valence-electron chi connectivity index (χ0n) is 10.1. The van der Waals surface area contributed by atoms with Crippen molar-refractivity contribution in [3.05, 3.63) is 57.2 Å². The van der Waals surface area contributed by atoms with E-state index in [-0.39, 0.29) is 11.4 Å². The van der Waals surface area contributed by atoms with E-state index in [4.69, 9.17) is 11.6 Å². The Balaban J connectivity index is 2.20. The molecule has 0 aliphatic rings. The van der Waals surface area contributed by atoms with Crippen molar-refractivity contribution in [2.45, 2.75) is 0 Å². The molecular formula is C14H9ClN2O2S. The third kappa shape index (κ3) is 2.21. The maximum absolute atomic E-state index is 12.2. The third-order valence-corrected chi connectivity index (χ3v) is 4.00. The van der Waals surface area contributed by atoms with Gasteiger partial charge in [0.15, 0.2) is 5.82 Å². The van der Waals surface area contributed by atoms with E-state index in [9.17, 15) is 9.90 Å². The number of aromatic hydroxyl groups is 1. The van der Waals surface area contributed by atoms with Gasteiger partial charge in [0.25, 0.3) is 5.56 Å². The van der Waals surface area contributed by atoms with Gasteiger partial charge in [0.2, 0.25) is 5.88 Å². The maximum Gasteiger partial charge on any atom is 0.263 e. The summed E-state index contributed by atoms with van der Waals surface area (Å²) in [5, 5.41) is 12.3. The van der Waals surface area contributed by atoms with Gasteiger partial charge in [-0.25, -0.2) is 0 Å². The van der Waals surface area contributed by atoms with Crippen LogP contribution in [0, 0.1) is 0 Å². The second-order valence-corrected chi connectivity index (χ2v) is 5.43. The van der Waals surface area contributed by atoms with Gasteiger partial charge >= 0.3 is 0 Å². The summed E-state index contributed by atoms with van der Waals surface area (Å²) in [5.74, 6) is 0.0172. The van der Waals surface area contributed by atoms with Crippen LogP contribution in [0.15, 0.2) is 46.6 Å². The number of thiophene rings is 1. The fraction of sp³-hybridized carbons (Fsp3) is 0. The van der Waals surface area contributed by atoms with Crippen molar-refractivity contribution >= 4 is 22.9 Å². The standard InChI is InChI=1S/C14H9ClN2O2S/c15-9-5-2-1-4-8(9)11-13(18)16-12(17-14(11)19)10-6-3-7-20-10/h1-7H,(H2,16,17,18,19). The molecule has 0 atom stereocenters. The first-order valence-electron chi connectivity index (χ1n) is 5.79. The third-order valence-electron chi connectivity index (χ3n) is 2.80. The van der Waals surface area contributed by atoms with E-state index in [0.29, 0.717) is 16.4 Å². The first-order chi connectivity index (χ1) is 9.66. The van der Waals surface area contributed by atoms with Gasteiger partial charge in [0.1, 0.15) is 5.56 Å². The molecule has 2 aromatic heterocycles. The van der Waals surface area contributed by atoms with E-state index >= 15 is 0 Å². The number of aromatic amines is 1. The average molecular weight is 305 g/mol. The molecule has 0 bridgehead atoms. The summed E-state index contributed by atoms with van der Waals surface area (Å²) < 4.78 is 0. The molecular weight excluding hydrogens is 296 g/mol. The first kappa shape index (κ1) is 12.9. The van der Waals surface area contributed by atoms with Crippen LogP contribution in [0.2, 0.25) is 5.02 Å². The minimum Gasteiger partial charge on any atom is -0.493 e. The molecule has 3 rings (SSSR count). The number of hydrogen-bond acceptors (Lipinski definition) is 4. The highest BCUT2D eigenvalue weighted by atomic mass is 35.5. The fourth-order valence-corrected chi connectivity index (χ4v) is 2.80. The Bertz CT molecular complexity index is 812. The van der Waals surface area contributed by atoms with Gasteiger partial charge in [-0.3, -0.25) is 4.79 Å². The Morgan fingerprint density at radius 2 is 2.00 bits per heavy atom. The van der Waals surface area contributed by atoms with Crippen LogP contribution in [0.3, 0.4) is 0 Å². The lowest BCUT2D eigenvalue weighted by molar-refractivity contribution is 0.454. The predicted molar refractivity (Wildman–Crippen MR) is 80.3 cm³/mol. The minimum absolute atomic E-state index is 0.0795. The molecule has 3 aromatic rings. The summed E-state index contributed by atoms with van der Waals surface area (Å²) in [7, 11) is 0. The summed E-state index contributed by atoms with van der Waals surface area (Å²) >= 11 is 7.48. The Morgan fingerprint density at radius 3 is 2.65 bits per heavy atom. The molecule has 2 heterocycles. The van der Waals surface area contributed by atoms with Gasteiger partial charge in [-0.15, -0.1) is 11.3 Å². The summed E-state index contributed by atoms with van der Waals surface area (Å²) in [6.07, 6.45) is 0. The van der Waals surface area contributed by atoms with E-state index in [0.717, 1.165) is 4.88 Å². The molecule has 0 radical (unpaired) electrons. The number of nitrogens with zero attached hydrogens (tertiary/aromatic N) is 1. The van der Waals surface area contributed by atoms with Crippen LogP contribution < -0.4 is 5.56 Å². The molecule has 0 aliphatic carbocycles. The second kappa shape index (κ2) is 5.11. The zero-order chi connectivity index (χ0) is 14.1. The highest BCUT2D eigenvalue weighted by Gasteiger charge is 2.16. The summed E-state index contributed by atoms with van der Waals surface area (Å²) in [5.41, 5.74) is 0.114. The van der Waals surface area contributed by atoms with Crippen LogP contribution in [0.5, 0.6) is 5.88 Å². The molecule has 100 valence electrons. The monoisotopic (exact) mass is 304 g/mol. The topological polar surface area (TPSA) is 66.0 Å². The number of benzene rings is 1. The van der Waals surface area contributed by atoms with Gasteiger partial charge in [0.05, 0.1) is 4.88 Å². The minimum atomic E-state index is -0.422. The van der Waals surface area contributed by atoms with Crippen LogP contribution in [0.4, 0.5) is 0 Å². The summed E-state index contributed by atoms with van der Waals surface area (Å²) in [6.45, 7) is 0. The van der Waals surface area contributed by atoms with E-state index in [1.807, 2.05) is 17.5 Å². The molecule has 2 N–H and O–H groups in total. The Morgan fingerprint density at radius 1 is 1.20 bits per heavy atom. The van der Waals surface area contributed by atoms with Crippen LogP contribution in [-0.4, -0.2) is 15.1 Å². The quantitative estimate of drug-likeness (QED) is 0.761. The molecule has 0 fully saturated rings. The molecule has 6 heteroatoms. The number of halogens is 1. The SMILES string of the molecule is O=c1[nH]c(-c2cccs2)nc(O)c1-c1ccccc1Cl. The lowest BCUT2D eigenvalue weighted by Gasteiger charge is -2.06. The van der Waals surface area contributed by atoms with Crippen molar-refractivity contribution in [1.29, 1.82) is 0 Å². The number of H-pyrrole nitrogens is 1. The second-order valence-electron chi connectivity index (χ2n) is 4.07. The van der Waals surface area contributed by atoms with Gasteiger partial charge in [0, 0.05) is 10.6 Å². The van der Waals surface area contributed by atoms with Gasteiger partial charge < -0.3 is 10.1 Å². The Kier molecular flexibility index (Phi) is 3.30. The van der Waals surface area contributed by atoms with Crippen molar-refractivity contribution < 1.29 is 5.11 Å². The van der Waals surface area contributed by atoms with Crippen molar-refractivity contribution in [3.8, 4) is 27.7 Å². The molecule has 0 amide bonds. The van der Waals surface area contributed by atoms with E-state index in [2.05, 4.69) is 9.97 Å². The molecule has 20 heavy (non-hydrogen) atoms. The lowest BCUT2D eigenvalue weighted by atomic mass is 10.1. The zero-order valence-corrected chi connectivity index (χ0v) is 11.7. The molecule has 0 spiro atoms. The smallest absolute Gasteiger partial charge is 0.263 e. The average Bonchev–Trinajstić information content (AvgIpc) is 2.94. The number of aromatic nitrogens is 2. The highest BCUT2D eigenvalue weighted by Crippen LogP contribution is 2.31. The fourth-order valence-electron chi connectivity index (χ4n) is 1.90. The van der Waals surface area contributed by atoms with Crippen molar-refractivity contribution in [2.75, 3.05) is 0 Å². The highest BCUT2D eigenvalue weighted by molar-refractivity contribution is 7.13. The lowest BCUT2D eigenvalue weighted by Crippen LogP contribution is -2.12. The van der Waals surface area contributed by atoms with Crippen LogP contribution >= 0.6 is 22.9 Å². The van der Waals surface area contributed by atoms with Crippen LogP contribution in [0.25, 0.3) is 21.8 Å². The molecule has 0 aliphatic heterocycles. The van der Waals surface area contributed by atoms with Crippen LogP contribution in [0.1, 0.15) is 0 Å². The normalized spacial score (nSPS) is 10.7. The molecule has 0 saturated carbocycles. The number of rotatable bonds is 2. The van der Waals surface area contributed by atoms with Gasteiger partial charge in [-0.1, -0.05) is 35.9 Å². The van der Waals surface area contributed by atoms with E-state index in [1.165, 1.54) is 11.3 Å². The van der Waals surface area contributed by atoms with Crippen LogP contribution in [-0.2, 0) is 0 Å². The summed E-state index contributed by atoms with van der Waals surface area (Å²) in [6, 6.07) is 10.5. The Labute approximate surface area is 123 Å².